The van der Waals surface area contributed by atoms with E-state index in [1.807, 2.05) is 9.44 Å². The molecule has 0 saturated heterocycles. The van der Waals surface area contributed by atoms with Crippen molar-refractivity contribution in [1.29, 1.82) is 0 Å². The average Bonchev–Trinajstić information content (AvgIpc) is 3.13. The number of rotatable bonds is 10. The second kappa shape index (κ2) is 18.9. The molecule has 2 amide bonds. The fourth-order valence-corrected chi connectivity index (χ4v) is 9.21. The Morgan fingerprint density at radius 1 is 0.424 bits per heavy atom. The third-order valence-electron chi connectivity index (χ3n) is 11.7. The monoisotopic (exact) mass is 946 g/mol. The standard InChI is InChI=1S/C52H70N2O10S2/c1-49(2,3)39-21-31-17-35-25-41(51(7,8)9)27-37(47(35)63-29-43(55)53-65(15,57)58)19-33-23-40(50(4,5)6)24-34(46(33)62-14)20-38-28-42(52(10,11)12)26-36(18-32(22-39)45(31)61-13)48(38)64-30-44(56)54-66(16,59)60/h21-28H,17-20,29-30H2,1-16H3,(H,53,55)(H,54,56). The predicted octanol–water partition coefficient (Wildman–Crippen LogP) is 8.48. The molecule has 1 aliphatic rings. The molecule has 0 heterocycles. The number of amides is 2. The van der Waals surface area contributed by atoms with E-state index in [4.69, 9.17) is 18.9 Å². The molecule has 5 rings (SSSR count). The third-order valence-corrected chi connectivity index (χ3v) is 12.9. The van der Waals surface area contributed by atoms with Gasteiger partial charge in [-0.15, -0.1) is 0 Å². The van der Waals surface area contributed by atoms with Crippen LogP contribution in [-0.2, 0) is 77.0 Å². The van der Waals surface area contributed by atoms with Crippen LogP contribution in [0.1, 0.15) is 150 Å². The van der Waals surface area contributed by atoms with E-state index in [-0.39, 0.29) is 21.7 Å². The van der Waals surface area contributed by atoms with Crippen LogP contribution in [0.2, 0.25) is 0 Å². The van der Waals surface area contributed by atoms with E-state index in [0.29, 0.717) is 48.7 Å². The van der Waals surface area contributed by atoms with Crippen molar-refractivity contribution < 1.29 is 45.4 Å². The fraction of sp³-hybridized carbons (Fsp3) is 0.500. The zero-order valence-electron chi connectivity index (χ0n) is 41.8. The second-order valence-corrected chi connectivity index (χ2v) is 25.3. The molecule has 12 nitrogen and oxygen atoms in total. The maximum Gasteiger partial charge on any atom is 0.271 e. The van der Waals surface area contributed by atoms with Gasteiger partial charge in [0.1, 0.15) is 23.0 Å². The number of hydrogen-bond acceptors (Lipinski definition) is 10. The first-order chi connectivity index (χ1) is 30.2. The van der Waals surface area contributed by atoms with Gasteiger partial charge in [0.15, 0.2) is 13.2 Å². The van der Waals surface area contributed by atoms with Gasteiger partial charge in [0.25, 0.3) is 11.8 Å². The Labute approximate surface area is 393 Å². The van der Waals surface area contributed by atoms with Crippen molar-refractivity contribution in [3.8, 4) is 23.0 Å². The van der Waals surface area contributed by atoms with Gasteiger partial charge in [-0.3, -0.25) is 19.0 Å². The van der Waals surface area contributed by atoms with E-state index in [2.05, 4.69) is 132 Å². The molecule has 2 N–H and O–H groups in total. The van der Waals surface area contributed by atoms with Crippen molar-refractivity contribution >= 4 is 31.9 Å². The lowest BCUT2D eigenvalue weighted by atomic mass is 9.79. The summed E-state index contributed by atoms with van der Waals surface area (Å²) in [6.45, 7) is 24.6. The number of hydrogen-bond donors (Lipinski definition) is 2. The smallest absolute Gasteiger partial charge is 0.271 e. The third kappa shape index (κ3) is 13.1. The maximum absolute atomic E-state index is 13.1. The molecule has 360 valence electrons. The normalized spacial score (nSPS) is 13.7. The first-order valence-corrected chi connectivity index (χ1v) is 25.9. The molecule has 4 aromatic carbocycles. The minimum absolute atomic E-state index is 0.312. The zero-order valence-corrected chi connectivity index (χ0v) is 43.4. The largest absolute Gasteiger partial charge is 0.496 e. The Morgan fingerprint density at radius 3 is 0.788 bits per heavy atom. The molecular weight excluding hydrogens is 877 g/mol. The molecule has 1 aliphatic carbocycles. The van der Waals surface area contributed by atoms with Crippen molar-refractivity contribution in [2.24, 2.45) is 0 Å². The van der Waals surface area contributed by atoms with E-state index < -0.39 is 45.1 Å². The topological polar surface area (TPSA) is 163 Å². The van der Waals surface area contributed by atoms with E-state index in [0.717, 1.165) is 79.3 Å². The first-order valence-electron chi connectivity index (χ1n) is 22.2. The maximum atomic E-state index is 13.1. The van der Waals surface area contributed by atoms with Gasteiger partial charge in [0.2, 0.25) is 20.0 Å². The molecule has 0 aliphatic heterocycles. The summed E-state index contributed by atoms with van der Waals surface area (Å²) in [6.07, 6.45) is 3.11. The van der Waals surface area contributed by atoms with E-state index >= 15 is 0 Å². The fourth-order valence-electron chi connectivity index (χ4n) is 8.26. The van der Waals surface area contributed by atoms with Gasteiger partial charge in [-0.1, -0.05) is 132 Å². The summed E-state index contributed by atoms with van der Waals surface area (Å²) in [5.74, 6) is 0.562. The van der Waals surface area contributed by atoms with Crippen LogP contribution in [-0.4, -0.2) is 68.6 Å². The summed E-state index contributed by atoms with van der Waals surface area (Å²) in [5, 5.41) is 0. The summed E-state index contributed by atoms with van der Waals surface area (Å²) >= 11 is 0. The highest BCUT2D eigenvalue weighted by atomic mass is 32.2. The summed E-state index contributed by atoms with van der Waals surface area (Å²) < 4.78 is 78.4. The molecule has 0 unspecified atom stereocenters. The number of methoxy groups -OCH3 is 2. The van der Waals surface area contributed by atoms with Gasteiger partial charge in [0, 0.05) is 25.7 Å². The predicted molar refractivity (Wildman–Crippen MR) is 262 cm³/mol. The van der Waals surface area contributed by atoms with E-state index in [1.54, 1.807) is 14.2 Å². The van der Waals surface area contributed by atoms with Gasteiger partial charge in [0.05, 0.1) is 26.7 Å². The van der Waals surface area contributed by atoms with E-state index in [9.17, 15) is 26.4 Å². The summed E-state index contributed by atoms with van der Waals surface area (Å²) in [7, 11) is -4.44. The first kappa shape index (κ1) is 51.9. The van der Waals surface area contributed by atoms with Gasteiger partial charge in [-0.2, -0.15) is 0 Å². The molecule has 0 fully saturated rings. The molecule has 8 bridgehead atoms. The Kier molecular flexibility index (Phi) is 14.9. The highest BCUT2D eigenvalue weighted by molar-refractivity contribution is 7.89. The summed E-state index contributed by atoms with van der Waals surface area (Å²) in [4.78, 5) is 26.3. The van der Waals surface area contributed by atoms with Crippen LogP contribution in [0.3, 0.4) is 0 Å². The number of ether oxygens (including phenoxy) is 4. The number of nitrogens with one attached hydrogen (secondary N) is 2. The number of sulfonamides is 2. The molecule has 4 aromatic rings. The highest BCUT2D eigenvalue weighted by Crippen LogP contribution is 2.44. The summed E-state index contributed by atoms with van der Waals surface area (Å²) in [6, 6.07) is 16.9. The molecule has 14 heteroatoms. The number of fused-ring (bicyclic) bond motifs is 8. The molecule has 66 heavy (non-hydrogen) atoms. The lowest BCUT2D eigenvalue weighted by Gasteiger charge is -2.29. The second-order valence-electron chi connectivity index (χ2n) is 21.8. The zero-order chi connectivity index (χ0) is 49.5. The van der Waals surface area contributed by atoms with Crippen molar-refractivity contribution in [2.45, 2.75) is 130 Å². The lowest BCUT2D eigenvalue weighted by Crippen LogP contribution is -2.33. The van der Waals surface area contributed by atoms with Crippen molar-refractivity contribution in [3.05, 3.63) is 115 Å². The molecule has 0 saturated carbocycles. The van der Waals surface area contributed by atoms with Crippen molar-refractivity contribution in [3.63, 3.8) is 0 Å². The van der Waals surface area contributed by atoms with Crippen LogP contribution in [0.5, 0.6) is 23.0 Å². The van der Waals surface area contributed by atoms with Crippen LogP contribution < -0.4 is 28.4 Å². The SMILES string of the molecule is COc1c2cc(C(C)(C)C)cc1Cc1cc(C(C)(C)C)cc(c1OCC(=O)NS(C)(=O)=O)Cc1cc(C(C)(C)C)cc(c1OC)Cc1cc(C(C)(C)C)cc(c1OCC(=O)NS(C)(=O)=O)C2. The molecule has 0 spiro atoms. The minimum atomic E-state index is -3.85. The Balaban J connectivity index is 1.97. The quantitative estimate of drug-likeness (QED) is 0.139. The molecule has 0 radical (unpaired) electrons. The van der Waals surface area contributed by atoms with Crippen LogP contribution in [0.25, 0.3) is 0 Å². The molecule has 0 atom stereocenters. The Morgan fingerprint density at radius 2 is 0.621 bits per heavy atom. The molecule has 0 aromatic heterocycles. The number of carbonyl (C=O) groups excluding carboxylic acids is 2. The van der Waals surface area contributed by atoms with Crippen molar-refractivity contribution in [2.75, 3.05) is 39.9 Å². The van der Waals surface area contributed by atoms with Crippen LogP contribution in [0, 0.1) is 0 Å². The van der Waals surface area contributed by atoms with Gasteiger partial charge >= 0.3 is 0 Å². The van der Waals surface area contributed by atoms with Gasteiger partial charge < -0.3 is 18.9 Å². The lowest BCUT2D eigenvalue weighted by molar-refractivity contribution is -0.122. The van der Waals surface area contributed by atoms with Gasteiger partial charge in [-0.05, 0) is 88.4 Å². The minimum Gasteiger partial charge on any atom is -0.496 e. The molecular formula is C52H70N2O10S2. The highest BCUT2D eigenvalue weighted by Gasteiger charge is 2.30. The van der Waals surface area contributed by atoms with Crippen LogP contribution in [0.15, 0.2) is 48.5 Å². The Hall–Kier alpha value is -5.08. The Bertz CT molecular complexity index is 2460. The van der Waals surface area contributed by atoms with Crippen LogP contribution in [0.4, 0.5) is 0 Å². The van der Waals surface area contributed by atoms with Gasteiger partial charge in [-0.25, -0.2) is 16.8 Å². The van der Waals surface area contributed by atoms with Crippen molar-refractivity contribution in [1.82, 2.24) is 9.44 Å². The number of carbonyl (C=O) groups is 2. The van der Waals surface area contributed by atoms with Crippen LogP contribution >= 0.6 is 0 Å². The average molecular weight is 947 g/mol. The van der Waals surface area contributed by atoms with E-state index in [1.165, 1.54) is 0 Å². The number of benzene rings is 4. The summed E-state index contributed by atoms with van der Waals surface area (Å²) in [5.41, 5.74) is 9.38.